The van der Waals surface area contributed by atoms with E-state index >= 15 is 0 Å². The maximum absolute atomic E-state index is 12.6. The molecule has 6 heteroatoms. The van der Waals surface area contributed by atoms with E-state index < -0.39 is 0 Å². The van der Waals surface area contributed by atoms with Gasteiger partial charge in [-0.1, -0.05) is 0 Å². The molecule has 0 spiro atoms. The van der Waals surface area contributed by atoms with E-state index in [2.05, 4.69) is 15.2 Å². The van der Waals surface area contributed by atoms with Crippen LogP contribution in [-0.4, -0.2) is 72.2 Å². The Morgan fingerprint density at radius 3 is 2.69 bits per heavy atom. The lowest BCUT2D eigenvalue weighted by atomic mass is 10.0. The van der Waals surface area contributed by atoms with Gasteiger partial charge in [0, 0.05) is 57.1 Å². The topological polar surface area (TPSA) is 57.7 Å². The molecule has 142 valence electrons. The predicted molar refractivity (Wildman–Crippen MR) is 101 cm³/mol. The fourth-order valence-electron chi connectivity index (χ4n) is 4.29. The van der Waals surface area contributed by atoms with Crippen LogP contribution in [0.3, 0.4) is 0 Å². The van der Waals surface area contributed by atoms with Gasteiger partial charge in [0.2, 0.25) is 0 Å². The summed E-state index contributed by atoms with van der Waals surface area (Å²) in [6, 6.07) is 4.18. The van der Waals surface area contributed by atoms with Crippen molar-refractivity contribution in [3.05, 3.63) is 23.9 Å². The van der Waals surface area contributed by atoms with Gasteiger partial charge in [-0.05, 0) is 50.7 Å². The van der Waals surface area contributed by atoms with Crippen molar-refractivity contribution in [1.82, 2.24) is 14.8 Å². The Kier molecular flexibility index (Phi) is 5.70. The molecule has 3 aliphatic heterocycles. The molecule has 1 aromatic rings. The number of pyridine rings is 1. The molecule has 4 heterocycles. The third kappa shape index (κ3) is 4.35. The molecule has 0 radical (unpaired) electrons. The number of nitrogens with one attached hydrogen (secondary N) is 1. The van der Waals surface area contributed by atoms with Crippen LogP contribution in [-0.2, 0) is 4.74 Å². The van der Waals surface area contributed by atoms with Gasteiger partial charge in [-0.25, -0.2) is 4.98 Å². The lowest BCUT2D eigenvalue weighted by molar-refractivity contribution is 0.0654. The summed E-state index contributed by atoms with van der Waals surface area (Å²) in [6.07, 6.45) is 9.06. The first-order valence-corrected chi connectivity index (χ1v) is 10.1. The average molecular weight is 358 g/mol. The highest BCUT2D eigenvalue weighted by Gasteiger charge is 2.24. The lowest BCUT2D eigenvalue weighted by Gasteiger charge is -2.33. The van der Waals surface area contributed by atoms with Crippen molar-refractivity contribution in [3.8, 4) is 0 Å². The Hall–Kier alpha value is -1.66. The van der Waals surface area contributed by atoms with Gasteiger partial charge in [-0.2, -0.15) is 0 Å². The number of aromatic nitrogens is 1. The fourth-order valence-corrected chi connectivity index (χ4v) is 4.29. The van der Waals surface area contributed by atoms with Crippen LogP contribution in [0.2, 0.25) is 0 Å². The first kappa shape index (κ1) is 17.7. The fraction of sp³-hybridized carbons (Fsp3) is 0.700. The second-order valence-corrected chi connectivity index (χ2v) is 7.78. The molecular formula is C20H30N4O2. The van der Waals surface area contributed by atoms with E-state index in [-0.39, 0.29) is 5.91 Å². The van der Waals surface area contributed by atoms with Crippen molar-refractivity contribution < 1.29 is 9.53 Å². The summed E-state index contributed by atoms with van der Waals surface area (Å²) in [6.45, 7) is 5.97. The minimum Gasteiger partial charge on any atom is -0.377 e. The van der Waals surface area contributed by atoms with Crippen LogP contribution in [0.25, 0.3) is 0 Å². The molecular weight excluding hydrogens is 328 g/mol. The van der Waals surface area contributed by atoms with Gasteiger partial charge in [-0.3, -0.25) is 4.79 Å². The van der Waals surface area contributed by atoms with Crippen LogP contribution < -0.4 is 5.32 Å². The van der Waals surface area contributed by atoms with Crippen LogP contribution in [0.1, 0.15) is 48.9 Å². The number of hydrogen-bond acceptors (Lipinski definition) is 5. The van der Waals surface area contributed by atoms with Crippen molar-refractivity contribution >= 4 is 11.7 Å². The molecule has 0 aromatic carbocycles. The van der Waals surface area contributed by atoms with Crippen LogP contribution in [0.4, 0.5) is 5.82 Å². The predicted octanol–water partition coefficient (Wildman–Crippen LogP) is 2.37. The van der Waals surface area contributed by atoms with E-state index in [0.29, 0.717) is 12.1 Å². The molecule has 0 saturated carbocycles. The Balaban J connectivity index is 1.28. The second kappa shape index (κ2) is 8.35. The zero-order valence-corrected chi connectivity index (χ0v) is 15.5. The zero-order valence-electron chi connectivity index (χ0n) is 15.5. The average Bonchev–Trinajstić information content (AvgIpc) is 3.37. The summed E-state index contributed by atoms with van der Waals surface area (Å²) in [4.78, 5) is 21.5. The maximum Gasteiger partial charge on any atom is 0.254 e. The van der Waals surface area contributed by atoms with E-state index in [0.717, 1.165) is 76.4 Å². The van der Waals surface area contributed by atoms with E-state index in [1.54, 1.807) is 6.20 Å². The minimum absolute atomic E-state index is 0.138. The Morgan fingerprint density at radius 1 is 1.15 bits per heavy atom. The van der Waals surface area contributed by atoms with Crippen LogP contribution in [0, 0.1) is 0 Å². The molecule has 6 nitrogen and oxygen atoms in total. The number of carbonyl (C=O) groups excluding carboxylic acids is 1. The van der Waals surface area contributed by atoms with Crippen molar-refractivity contribution in [1.29, 1.82) is 0 Å². The van der Waals surface area contributed by atoms with E-state index in [1.807, 2.05) is 17.0 Å². The molecule has 3 fully saturated rings. The number of ether oxygens (including phenoxy) is 1. The third-order valence-electron chi connectivity index (χ3n) is 5.83. The first-order chi connectivity index (χ1) is 12.8. The maximum atomic E-state index is 12.6. The van der Waals surface area contributed by atoms with Crippen molar-refractivity contribution in [2.24, 2.45) is 0 Å². The van der Waals surface area contributed by atoms with Gasteiger partial charge in [0.15, 0.2) is 0 Å². The van der Waals surface area contributed by atoms with E-state index in [4.69, 9.17) is 4.74 Å². The summed E-state index contributed by atoms with van der Waals surface area (Å²) < 4.78 is 5.75. The van der Waals surface area contributed by atoms with Crippen molar-refractivity contribution in [2.45, 2.75) is 50.7 Å². The Bertz CT molecular complexity index is 604. The standard InChI is InChI=1S/C20H30N4O2/c25-20(24-9-1-2-10-24)16-5-8-21-19(14-16)22-17-6-11-23(12-7-17)15-18-4-3-13-26-18/h5,8,14,17-18H,1-4,6-7,9-13,15H2,(H,21,22). The van der Waals surface area contributed by atoms with Gasteiger partial charge < -0.3 is 19.9 Å². The SMILES string of the molecule is O=C(c1ccnc(NC2CCN(CC3CCCO3)CC2)c1)N1CCCC1. The number of carbonyl (C=O) groups is 1. The third-order valence-corrected chi connectivity index (χ3v) is 5.83. The van der Waals surface area contributed by atoms with E-state index in [1.165, 1.54) is 12.8 Å². The monoisotopic (exact) mass is 358 g/mol. The molecule has 0 bridgehead atoms. The quantitative estimate of drug-likeness (QED) is 0.876. The molecule has 3 aliphatic rings. The van der Waals surface area contributed by atoms with E-state index in [9.17, 15) is 4.79 Å². The van der Waals surface area contributed by atoms with Gasteiger partial charge in [0.25, 0.3) is 5.91 Å². The highest BCUT2D eigenvalue weighted by Crippen LogP contribution is 2.20. The molecule has 26 heavy (non-hydrogen) atoms. The lowest BCUT2D eigenvalue weighted by Crippen LogP contribution is -2.42. The summed E-state index contributed by atoms with van der Waals surface area (Å²) in [5, 5.41) is 3.54. The van der Waals surface area contributed by atoms with Gasteiger partial charge in [-0.15, -0.1) is 0 Å². The minimum atomic E-state index is 0.138. The summed E-state index contributed by atoms with van der Waals surface area (Å²) >= 11 is 0. The second-order valence-electron chi connectivity index (χ2n) is 7.78. The van der Waals surface area contributed by atoms with Crippen LogP contribution in [0.5, 0.6) is 0 Å². The largest absolute Gasteiger partial charge is 0.377 e. The molecule has 1 N–H and O–H groups in total. The summed E-state index contributed by atoms with van der Waals surface area (Å²) in [7, 11) is 0. The summed E-state index contributed by atoms with van der Waals surface area (Å²) in [5.41, 5.74) is 0.750. The van der Waals surface area contributed by atoms with Gasteiger partial charge in [0.1, 0.15) is 5.82 Å². The molecule has 1 atom stereocenters. The van der Waals surface area contributed by atoms with Crippen LogP contribution >= 0.6 is 0 Å². The Labute approximate surface area is 155 Å². The number of nitrogens with zero attached hydrogens (tertiary/aromatic N) is 3. The van der Waals surface area contributed by atoms with Crippen molar-refractivity contribution in [3.63, 3.8) is 0 Å². The van der Waals surface area contributed by atoms with Crippen molar-refractivity contribution in [2.75, 3.05) is 44.6 Å². The number of anilines is 1. The highest BCUT2D eigenvalue weighted by atomic mass is 16.5. The number of rotatable bonds is 5. The van der Waals surface area contributed by atoms with Gasteiger partial charge >= 0.3 is 0 Å². The normalized spacial score (nSPS) is 24.9. The zero-order chi connectivity index (χ0) is 17.8. The molecule has 1 unspecified atom stereocenters. The molecule has 1 aromatic heterocycles. The number of piperidine rings is 1. The summed E-state index contributed by atoms with van der Waals surface area (Å²) in [5.74, 6) is 0.965. The highest BCUT2D eigenvalue weighted by molar-refractivity contribution is 5.95. The number of hydrogen-bond donors (Lipinski definition) is 1. The first-order valence-electron chi connectivity index (χ1n) is 10.1. The molecule has 1 amide bonds. The van der Waals surface area contributed by atoms with Gasteiger partial charge in [0.05, 0.1) is 6.10 Å². The Morgan fingerprint density at radius 2 is 1.96 bits per heavy atom. The molecule has 3 saturated heterocycles. The van der Waals surface area contributed by atoms with Crippen LogP contribution in [0.15, 0.2) is 18.3 Å². The molecule has 4 rings (SSSR count). The smallest absolute Gasteiger partial charge is 0.254 e. The number of likely N-dealkylation sites (tertiary alicyclic amines) is 2. The number of amides is 1. The molecule has 0 aliphatic carbocycles.